The van der Waals surface area contributed by atoms with Gasteiger partial charge in [0.25, 0.3) is 0 Å². The zero-order chi connectivity index (χ0) is 15.8. The van der Waals surface area contributed by atoms with Crippen molar-refractivity contribution in [2.24, 2.45) is 0 Å². The Bertz CT molecular complexity index is 645. The Morgan fingerprint density at radius 1 is 1.38 bits per heavy atom. The van der Waals surface area contributed by atoms with Crippen molar-refractivity contribution >= 4 is 45.0 Å². The number of rotatable bonds is 3. The Balaban J connectivity index is 2.47. The Hall–Kier alpha value is 0.0600. The van der Waals surface area contributed by atoms with E-state index in [0.29, 0.717) is 23.7 Å². The molecule has 21 heavy (non-hydrogen) atoms. The van der Waals surface area contributed by atoms with Crippen molar-refractivity contribution in [3.8, 4) is 0 Å². The van der Waals surface area contributed by atoms with Crippen molar-refractivity contribution in [2.45, 2.75) is 36.3 Å². The minimum atomic E-state index is -3.54. The van der Waals surface area contributed by atoms with Gasteiger partial charge < -0.3 is 0 Å². The second-order valence-corrected chi connectivity index (χ2v) is 10.2. The van der Waals surface area contributed by atoms with Crippen LogP contribution in [0.4, 0.5) is 0 Å². The van der Waals surface area contributed by atoms with Crippen LogP contribution in [0.5, 0.6) is 0 Å². The standard InChI is InChI=1S/C14H19Cl2NO2S2/c1-10-11(8-15)6-12(16)7-13(10)21(18,19)17-4-5-20-14(2,3)9-17/h6-7H,4-5,8-9H2,1-3H3. The molecular weight excluding hydrogens is 349 g/mol. The first-order chi connectivity index (χ1) is 9.67. The van der Waals surface area contributed by atoms with E-state index >= 15 is 0 Å². The summed E-state index contributed by atoms with van der Waals surface area (Å²) >= 11 is 13.7. The average Bonchev–Trinajstić information content (AvgIpc) is 2.39. The summed E-state index contributed by atoms with van der Waals surface area (Å²) < 4.78 is 27.3. The maximum absolute atomic E-state index is 12.9. The summed E-state index contributed by atoms with van der Waals surface area (Å²) in [5.74, 6) is 1.05. The van der Waals surface area contributed by atoms with E-state index in [1.807, 2.05) is 0 Å². The number of thioether (sulfide) groups is 1. The molecule has 0 atom stereocenters. The van der Waals surface area contributed by atoms with E-state index in [1.54, 1.807) is 29.1 Å². The van der Waals surface area contributed by atoms with E-state index in [-0.39, 0.29) is 15.5 Å². The van der Waals surface area contributed by atoms with Gasteiger partial charge in [0.15, 0.2) is 0 Å². The van der Waals surface area contributed by atoms with Gasteiger partial charge in [-0.25, -0.2) is 8.42 Å². The molecule has 1 aromatic rings. The molecule has 0 saturated carbocycles. The van der Waals surface area contributed by atoms with E-state index in [0.717, 1.165) is 11.3 Å². The number of halogens is 2. The van der Waals surface area contributed by atoms with Gasteiger partial charge in [0.05, 0.1) is 4.90 Å². The zero-order valence-electron chi connectivity index (χ0n) is 12.3. The van der Waals surface area contributed by atoms with Gasteiger partial charge in [-0.1, -0.05) is 11.6 Å². The molecule has 0 N–H and O–H groups in total. The lowest BCUT2D eigenvalue weighted by Gasteiger charge is -2.37. The van der Waals surface area contributed by atoms with Gasteiger partial charge in [-0.3, -0.25) is 0 Å². The second-order valence-electron chi connectivity index (χ2n) is 5.77. The highest BCUT2D eigenvalue weighted by Gasteiger charge is 2.35. The maximum Gasteiger partial charge on any atom is 0.243 e. The first-order valence-corrected chi connectivity index (χ1v) is 10.0. The van der Waals surface area contributed by atoms with Gasteiger partial charge in [-0.15, -0.1) is 11.6 Å². The minimum absolute atomic E-state index is 0.0763. The zero-order valence-corrected chi connectivity index (χ0v) is 15.5. The summed E-state index contributed by atoms with van der Waals surface area (Å²) in [7, 11) is -3.54. The fourth-order valence-electron chi connectivity index (χ4n) is 2.43. The minimum Gasteiger partial charge on any atom is -0.207 e. The molecule has 0 amide bonds. The molecule has 1 aromatic carbocycles. The summed E-state index contributed by atoms with van der Waals surface area (Å²) in [4.78, 5) is 0.272. The second kappa shape index (κ2) is 6.28. The third kappa shape index (κ3) is 3.70. The van der Waals surface area contributed by atoms with Crippen LogP contribution < -0.4 is 0 Å². The summed E-state index contributed by atoms with van der Waals surface area (Å²) in [6.07, 6.45) is 0. The average molecular weight is 368 g/mol. The molecule has 118 valence electrons. The van der Waals surface area contributed by atoms with Crippen LogP contribution in [0.25, 0.3) is 0 Å². The van der Waals surface area contributed by atoms with Crippen LogP contribution in [0.3, 0.4) is 0 Å². The molecule has 1 fully saturated rings. The highest BCUT2D eigenvalue weighted by molar-refractivity contribution is 8.00. The molecule has 3 nitrogen and oxygen atoms in total. The molecule has 0 aromatic heterocycles. The van der Waals surface area contributed by atoms with Crippen LogP contribution in [0, 0.1) is 6.92 Å². The van der Waals surface area contributed by atoms with Crippen molar-refractivity contribution in [3.05, 3.63) is 28.3 Å². The fourth-order valence-corrected chi connectivity index (χ4v) is 6.22. The van der Waals surface area contributed by atoms with Gasteiger partial charge in [0.1, 0.15) is 0 Å². The molecule has 0 unspecified atom stereocenters. The van der Waals surface area contributed by atoms with Crippen LogP contribution in [0.1, 0.15) is 25.0 Å². The molecule has 1 heterocycles. The summed E-state index contributed by atoms with van der Waals surface area (Å²) in [5.41, 5.74) is 1.44. The lowest BCUT2D eigenvalue weighted by molar-refractivity contribution is 0.387. The quantitative estimate of drug-likeness (QED) is 0.760. The molecule has 2 rings (SSSR count). The first kappa shape index (κ1) is 17.4. The Labute approximate surface area is 141 Å². The summed E-state index contributed by atoms with van der Waals surface area (Å²) in [5, 5.41) is 0.403. The van der Waals surface area contributed by atoms with Crippen LogP contribution in [-0.2, 0) is 15.9 Å². The Morgan fingerprint density at radius 3 is 2.62 bits per heavy atom. The smallest absolute Gasteiger partial charge is 0.207 e. The van der Waals surface area contributed by atoms with Gasteiger partial charge in [-0.2, -0.15) is 16.1 Å². The van der Waals surface area contributed by atoms with Crippen molar-refractivity contribution < 1.29 is 8.42 Å². The molecule has 7 heteroatoms. The van der Waals surface area contributed by atoms with Gasteiger partial charge >= 0.3 is 0 Å². The number of sulfonamides is 1. The van der Waals surface area contributed by atoms with Crippen LogP contribution in [-0.4, -0.2) is 36.3 Å². The van der Waals surface area contributed by atoms with Gasteiger partial charge in [0.2, 0.25) is 10.0 Å². The number of hydrogen-bond acceptors (Lipinski definition) is 3. The molecule has 0 spiro atoms. The van der Waals surface area contributed by atoms with E-state index < -0.39 is 10.0 Å². The summed E-state index contributed by atoms with van der Waals surface area (Å²) in [6.45, 7) is 6.94. The number of benzene rings is 1. The molecule has 1 saturated heterocycles. The predicted octanol–water partition coefficient (Wildman–Crippen LogP) is 3.90. The third-order valence-corrected chi connectivity index (χ3v) is 7.36. The molecule has 0 bridgehead atoms. The van der Waals surface area contributed by atoms with Crippen molar-refractivity contribution in [1.29, 1.82) is 0 Å². The van der Waals surface area contributed by atoms with E-state index in [9.17, 15) is 8.42 Å². The fraction of sp³-hybridized carbons (Fsp3) is 0.571. The highest BCUT2D eigenvalue weighted by atomic mass is 35.5. The van der Waals surface area contributed by atoms with Crippen LogP contribution in [0.15, 0.2) is 17.0 Å². The lowest BCUT2D eigenvalue weighted by atomic mass is 10.1. The monoisotopic (exact) mass is 367 g/mol. The van der Waals surface area contributed by atoms with Crippen molar-refractivity contribution in [2.75, 3.05) is 18.8 Å². The Kier molecular flexibility index (Phi) is 5.21. The first-order valence-electron chi connectivity index (χ1n) is 6.66. The summed E-state index contributed by atoms with van der Waals surface area (Å²) in [6, 6.07) is 3.25. The van der Waals surface area contributed by atoms with Crippen LogP contribution >= 0.6 is 35.0 Å². The maximum atomic E-state index is 12.9. The third-order valence-electron chi connectivity index (χ3n) is 3.58. The van der Waals surface area contributed by atoms with Gasteiger partial charge in [-0.05, 0) is 44.0 Å². The van der Waals surface area contributed by atoms with Crippen molar-refractivity contribution in [3.63, 3.8) is 0 Å². The lowest BCUT2D eigenvalue weighted by Crippen LogP contribution is -2.46. The molecule has 1 aliphatic rings. The number of alkyl halides is 1. The molecule has 1 aliphatic heterocycles. The predicted molar refractivity (Wildman–Crippen MR) is 91.0 cm³/mol. The van der Waals surface area contributed by atoms with Crippen molar-refractivity contribution in [1.82, 2.24) is 4.31 Å². The molecular formula is C14H19Cl2NO2S2. The Morgan fingerprint density at radius 2 is 2.05 bits per heavy atom. The largest absolute Gasteiger partial charge is 0.243 e. The highest BCUT2D eigenvalue weighted by Crippen LogP contribution is 2.34. The molecule has 0 aliphatic carbocycles. The molecule has 0 radical (unpaired) electrons. The van der Waals surface area contributed by atoms with E-state index in [4.69, 9.17) is 23.2 Å². The van der Waals surface area contributed by atoms with E-state index in [2.05, 4.69) is 13.8 Å². The van der Waals surface area contributed by atoms with Gasteiger partial charge in [0, 0.05) is 34.5 Å². The van der Waals surface area contributed by atoms with Crippen LogP contribution in [0.2, 0.25) is 5.02 Å². The number of nitrogens with zero attached hydrogens (tertiary/aromatic N) is 1. The normalized spacial score (nSPS) is 19.7. The number of hydrogen-bond donors (Lipinski definition) is 0. The SMILES string of the molecule is Cc1c(CCl)cc(Cl)cc1S(=O)(=O)N1CCSC(C)(C)C1. The topological polar surface area (TPSA) is 37.4 Å². The van der Waals surface area contributed by atoms with E-state index in [1.165, 1.54) is 6.07 Å².